The van der Waals surface area contributed by atoms with Crippen LogP contribution in [0, 0.1) is 11.3 Å². The van der Waals surface area contributed by atoms with Crippen molar-refractivity contribution in [3.05, 3.63) is 11.6 Å². The molecular formula is C12H18N4O3. The van der Waals surface area contributed by atoms with Crippen molar-refractivity contribution in [2.45, 2.75) is 19.8 Å². The third-order valence-corrected chi connectivity index (χ3v) is 2.44. The summed E-state index contributed by atoms with van der Waals surface area (Å²) in [7, 11) is 1.38. The topological polar surface area (TPSA) is 87.0 Å². The molecule has 7 heteroatoms. The van der Waals surface area contributed by atoms with Crippen molar-refractivity contribution in [1.82, 2.24) is 10.4 Å². The maximum atomic E-state index is 11.4. The highest BCUT2D eigenvalue weighted by Crippen LogP contribution is 2.12. The van der Waals surface area contributed by atoms with Gasteiger partial charge in [0.25, 0.3) is 0 Å². The molecule has 0 bridgehead atoms. The van der Waals surface area contributed by atoms with E-state index in [1.807, 2.05) is 19.1 Å². The highest BCUT2D eigenvalue weighted by atomic mass is 16.7. The van der Waals surface area contributed by atoms with Gasteiger partial charge >= 0.3 is 6.09 Å². The third kappa shape index (κ3) is 4.97. The Morgan fingerprint density at radius 1 is 1.68 bits per heavy atom. The van der Waals surface area contributed by atoms with Gasteiger partial charge in [0.1, 0.15) is 13.2 Å². The zero-order chi connectivity index (χ0) is 14.1. The fraction of sp³-hybridized carbons (Fsp3) is 0.583. The second kappa shape index (κ2) is 8.11. The highest BCUT2D eigenvalue weighted by molar-refractivity contribution is 6.11. The molecule has 1 N–H and O–H groups in total. The number of carbonyl (C=O) groups excluding carboxylic acids is 1. The van der Waals surface area contributed by atoms with Gasteiger partial charge in [0.15, 0.2) is 5.71 Å². The molecule has 0 saturated heterocycles. The lowest BCUT2D eigenvalue weighted by molar-refractivity contribution is -0.0932. The molecule has 19 heavy (non-hydrogen) atoms. The van der Waals surface area contributed by atoms with Crippen LogP contribution in [0.1, 0.15) is 19.8 Å². The Bertz CT molecular complexity index is 412. The summed E-state index contributed by atoms with van der Waals surface area (Å²) in [4.78, 5) is 21.2. The van der Waals surface area contributed by atoms with Crippen LogP contribution in [0.2, 0.25) is 0 Å². The first-order valence-electron chi connectivity index (χ1n) is 6.12. The number of hydrogen-bond acceptors (Lipinski definition) is 6. The predicted octanol–water partition coefficient (Wildman–Crippen LogP) is 1.20. The Kier molecular flexibility index (Phi) is 6.39. The van der Waals surface area contributed by atoms with Gasteiger partial charge in [-0.2, -0.15) is 5.26 Å². The quantitative estimate of drug-likeness (QED) is 0.596. The van der Waals surface area contributed by atoms with Crippen LogP contribution in [0.3, 0.4) is 0 Å². The average Bonchev–Trinajstić information content (AvgIpc) is 2.42. The minimum Gasteiger partial charge on any atom is -0.398 e. The smallest absolute Gasteiger partial charge is 0.398 e. The van der Waals surface area contributed by atoms with Crippen LogP contribution in [0.4, 0.5) is 4.79 Å². The lowest BCUT2D eigenvalue weighted by Gasteiger charge is -2.24. The molecule has 0 spiro atoms. The summed E-state index contributed by atoms with van der Waals surface area (Å²) in [5.74, 6) is 0. The van der Waals surface area contributed by atoms with E-state index >= 15 is 0 Å². The molecule has 0 aromatic carbocycles. The van der Waals surface area contributed by atoms with E-state index in [1.54, 1.807) is 0 Å². The van der Waals surface area contributed by atoms with E-state index in [1.165, 1.54) is 12.2 Å². The van der Waals surface area contributed by atoms with Crippen molar-refractivity contribution in [3.8, 4) is 6.07 Å². The molecule has 0 radical (unpaired) electrons. The monoisotopic (exact) mass is 266 g/mol. The molecule has 1 aliphatic rings. The van der Waals surface area contributed by atoms with Crippen molar-refractivity contribution in [2.75, 3.05) is 26.7 Å². The van der Waals surface area contributed by atoms with Gasteiger partial charge in [-0.1, -0.05) is 18.2 Å². The van der Waals surface area contributed by atoms with Gasteiger partial charge in [-0.3, -0.25) is 0 Å². The summed E-state index contributed by atoms with van der Waals surface area (Å²) in [6.07, 6.45) is 2.94. The maximum Gasteiger partial charge on any atom is 0.426 e. The molecule has 1 amide bonds. The maximum absolute atomic E-state index is 11.4. The molecule has 7 nitrogen and oxygen atoms in total. The molecule has 0 fully saturated rings. The third-order valence-electron chi connectivity index (χ3n) is 2.44. The molecule has 0 aromatic rings. The van der Waals surface area contributed by atoms with E-state index in [-0.39, 0.29) is 5.71 Å². The Balaban J connectivity index is 2.54. The minimum atomic E-state index is -0.481. The Morgan fingerprint density at radius 2 is 2.47 bits per heavy atom. The fourth-order valence-electron chi connectivity index (χ4n) is 1.58. The molecule has 0 atom stereocenters. The summed E-state index contributed by atoms with van der Waals surface area (Å²) in [6, 6.07) is 1.95. The van der Waals surface area contributed by atoms with E-state index in [4.69, 9.17) is 10.1 Å². The van der Waals surface area contributed by atoms with Gasteiger partial charge in [-0.25, -0.2) is 4.79 Å². The number of nitrogens with one attached hydrogen (secondary N) is 1. The SMILES string of the molecule is CCCNC(=O)ON1CCC=C(/C(C#N)=N\OC)C1. The number of hydroxylamine groups is 2. The fourth-order valence-corrected chi connectivity index (χ4v) is 1.58. The number of amides is 1. The minimum absolute atomic E-state index is 0.199. The van der Waals surface area contributed by atoms with E-state index in [9.17, 15) is 4.79 Å². The summed E-state index contributed by atoms with van der Waals surface area (Å²) < 4.78 is 0. The van der Waals surface area contributed by atoms with E-state index < -0.39 is 6.09 Å². The summed E-state index contributed by atoms with van der Waals surface area (Å²) >= 11 is 0. The number of nitrogens with zero attached hydrogens (tertiary/aromatic N) is 3. The molecule has 0 unspecified atom stereocenters. The molecule has 1 heterocycles. The zero-order valence-corrected chi connectivity index (χ0v) is 11.2. The van der Waals surface area contributed by atoms with Crippen molar-refractivity contribution < 1.29 is 14.5 Å². The van der Waals surface area contributed by atoms with Gasteiger partial charge in [-0.15, -0.1) is 5.06 Å². The van der Waals surface area contributed by atoms with Gasteiger partial charge < -0.3 is 15.0 Å². The van der Waals surface area contributed by atoms with Crippen LogP contribution in [-0.2, 0) is 9.68 Å². The lowest BCUT2D eigenvalue weighted by Crippen LogP contribution is -2.38. The van der Waals surface area contributed by atoms with Crippen molar-refractivity contribution in [3.63, 3.8) is 0 Å². The standard InChI is InChI=1S/C12H18N4O3/c1-3-6-14-12(17)19-16-7-4-5-10(9-16)11(8-13)15-18-2/h5H,3-4,6-7,9H2,1-2H3,(H,14,17)/b15-11-. The Labute approximate surface area is 112 Å². The van der Waals surface area contributed by atoms with Crippen LogP contribution in [0.5, 0.6) is 0 Å². The van der Waals surface area contributed by atoms with Gasteiger partial charge in [0.2, 0.25) is 0 Å². The summed E-state index contributed by atoms with van der Waals surface area (Å²) in [5, 5.41) is 16.7. The molecule has 0 saturated carbocycles. The first kappa shape index (κ1) is 15.0. The van der Waals surface area contributed by atoms with Crippen LogP contribution < -0.4 is 5.32 Å². The number of oxime groups is 1. The van der Waals surface area contributed by atoms with Crippen LogP contribution >= 0.6 is 0 Å². The normalized spacial score (nSPS) is 16.3. The molecule has 104 valence electrons. The van der Waals surface area contributed by atoms with Gasteiger partial charge in [-0.05, 0) is 12.8 Å². The van der Waals surface area contributed by atoms with E-state index in [2.05, 4.69) is 15.3 Å². The second-order valence-electron chi connectivity index (χ2n) is 3.92. The van der Waals surface area contributed by atoms with Crippen LogP contribution in [0.15, 0.2) is 16.8 Å². The average molecular weight is 266 g/mol. The van der Waals surface area contributed by atoms with E-state index in [0.29, 0.717) is 31.6 Å². The molecule has 1 aliphatic heterocycles. The number of rotatable bonds is 5. The largest absolute Gasteiger partial charge is 0.426 e. The zero-order valence-electron chi connectivity index (χ0n) is 11.2. The second-order valence-corrected chi connectivity index (χ2v) is 3.92. The molecule has 0 aliphatic carbocycles. The Morgan fingerprint density at radius 3 is 3.11 bits per heavy atom. The molecular weight excluding hydrogens is 248 g/mol. The highest BCUT2D eigenvalue weighted by Gasteiger charge is 2.20. The van der Waals surface area contributed by atoms with E-state index in [0.717, 1.165) is 6.42 Å². The number of carbonyl (C=O) groups is 1. The van der Waals surface area contributed by atoms with Crippen molar-refractivity contribution >= 4 is 11.8 Å². The number of hydrogen-bond donors (Lipinski definition) is 1. The first-order valence-corrected chi connectivity index (χ1v) is 6.12. The first-order chi connectivity index (χ1) is 9.21. The summed E-state index contributed by atoms with van der Waals surface area (Å²) in [6.45, 7) is 3.45. The lowest BCUT2D eigenvalue weighted by atomic mass is 10.1. The summed E-state index contributed by atoms with van der Waals surface area (Å²) in [5.41, 5.74) is 0.892. The molecule has 0 aromatic heterocycles. The van der Waals surface area contributed by atoms with Crippen LogP contribution in [0.25, 0.3) is 0 Å². The van der Waals surface area contributed by atoms with Gasteiger partial charge in [0.05, 0.1) is 6.54 Å². The van der Waals surface area contributed by atoms with Gasteiger partial charge in [0, 0.05) is 18.7 Å². The molecule has 1 rings (SSSR count). The van der Waals surface area contributed by atoms with Crippen molar-refractivity contribution in [2.24, 2.45) is 5.16 Å². The predicted molar refractivity (Wildman–Crippen MR) is 69.1 cm³/mol. The van der Waals surface area contributed by atoms with Crippen LogP contribution in [-0.4, -0.2) is 43.6 Å². The number of nitriles is 1. The Hall–Kier alpha value is -2.07. The van der Waals surface area contributed by atoms with Crippen molar-refractivity contribution in [1.29, 1.82) is 5.26 Å².